The zero-order chi connectivity index (χ0) is 26.2. The van der Waals surface area contributed by atoms with Crippen LogP contribution < -0.4 is 5.32 Å². The van der Waals surface area contributed by atoms with Crippen LogP contribution in [0.5, 0.6) is 0 Å². The summed E-state index contributed by atoms with van der Waals surface area (Å²) in [6, 6.07) is 16.9. The molecule has 0 unspecified atom stereocenters. The predicted octanol–water partition coefficient (Wildman–Crippen LogP) is 4.41. The molecule has 0 saturated heterocycles. The number of carbonyl (C=O) groups is 3. The molecule has 35 heavy (non-hydrogen) atoms. The number of hydrogen-bond donors (Lipinski definition) is 3. The van der Waals surface area contributed by atoms with Crippen molar-refractivity contribution >= 4 is 17.8 Å². The van der Waals surface area contributed by atoms with E-state index < -0.39 is 41.0 Å². The smallest absolute Gasteiger partial charge is 0.407 e. The van der Waals surface area contributed by atoms with Crippen molar-refractivity contribution in [3.8, 4) is 0 Å². The highest BCUT2D eigenvalue weighted by atomic mass is 16.6. The van der Waals surface area contributed by atoms with E-state index >= 15 is 0 Å². The second kappa shape index (κ2) is 12.0. The van der Waals surface area contributed by atoms with Crippen molar-refractivity contribution in [1.29, 1.82) is 0 Å². The normalized spacial score (nSPS) is 15.1. The summed E-state index contributed by atoms with van der Waals surface area (Å²) in [6.45, 7) is 8.79. The van der Waals surface area contributed by atoms with E-state index in [4.69, 9.17) is 4.74 Å². The van der Waals surface area contributed by atoms with Gasteiger partial charge in [0.1, 0.15) is 17.1 Å². The largest absolute Gasteiger partial charge is 0.480 e. The summed E-state index contributed by atoms with van der Waals surface area (Å²) in [7, 11) is 0. The number of rotatable bonds is 11. The fourth-order valence-corrected chi connectivity index (χ4v) is 4.20. The van der Waals surface area contributed by atoms with E-state index in [2.05, 4.69) is 5.32 Å². The van der Waals surface area contributed by atoms with Crippen molar-refractivity contribution in [3.05, 3.63) is 71.8 Å². The number of carbonyl (C=O) groups excluding carboxylic acids is 2. The van der Waals surface area contributed by atoms with Gasteiger partial charge in [0.25, 0.3) is 0 Å². The standard InChI is InChI=1S/C28H37NO6/c1-19(2)17-28(25(32)33,18-21-14-10-7-11-15-21)24(31)23(30)22(16-20-12-8-6-9-13-20)29-26(34)35-27(3,4)5/h6-15,19,22-23,30H,16-18H2,1-5H3,(H,29,34)(H,32,33)/t22-,23+,28-/m1/s1. The minimum Gasteiger partial charge on any atom is -0.480 e. The van der Waals surface area contributed by atoms with Gasteiger partial charge in [-0.25, -0.2) is 4.79 Å². The Morgan fingerprint density at radius 3 is 1.89 bits per heavy atom. The van der Waals surface area contributed by atoms with Gasteiger partial charge >= 0.3 is 12.1 Å². The molecule has 0 aliphatic heterocycles. The van der Waals surface area contributed by atoms with E-state index in [1.54, 1.807) is 45.0 Å². The number of ketones is 1. The van der Waals surface area contributed by atoms with Crippen molar-refractivity contribution in [1.82, 2.24) is 5.32 Å². The number of alkyl carbamates (subject to hydrolysis) is 1. The number of benzene rings is 2. The van der Waals surface area contributed by atoms with Crippen LogP contribution in [0.3, 0.4) is 0 Å². The molecule has 7 heteroatoms. The summed E-state index contributed by atoms with van der Waals surface area (Å²) in [4.78, 5) is 39.0. The first kappa shape index (κ1) is 28.1. The van der Waals surface area contributed by atoms with Crippen molar-refractivity contribution in [3.63, 3.8) is 0 Å². The maximum atomic E-state index is 13.8. The van der Waals surface area contributed by atoms with Gasteiger partial charge in [-0.15, -0.1) is 0 Å². The van der Waals surface area contributed by atoms with Crippen LogP contribution in [0.4, 0.5) is 4.79 Å². The number of hydrogen-bond acceptors (Lipinski definition) is 5. The van der Waals surface area contributed by atoms with Crippen molar-refractivity contribution in [2.24, 2.45) is 11.3 Å². The number of carboxylic acids is 1. The summed E-state index contributed by atoms with van der Waals surface area (Å²) < 4.78 is 5.34. The number of nitrogens with one attached hydrogen (secondary N) is 1. The molecule has 1 amide bonds. The molecular formula is C28H37NO6. The molecule has 2 aromatic rings. The number of amides is 1. The molecule has 7 nitrogen and oxygen atoms in total. The number of ether oxygens (including phenoxy) is 1. The molecule has 2 aromatic carbocycles. The highest BCUT2D eigenvalue weighted by Crippen LogP contribution is 2.35. The summed E-state index contributed by atoms with van der Waals surface area (Å²) >= 11 is 0. The van der Waals surface area contributed by atoms with Crippen LogP contribution >= 0.6 is 0 Å². The number of carboxylic acid groups (broad SMARTS) is 1. The molecular weight excluding hydrogens is 446 g/mol. The fraction of sp³-hybridized carbons (Fsp3) is 0.464. The lowest BCUT2D eigenvalue weighted by molar-refractivity contribution is -0.160. The first-order chi connectivity index (χ1) is 16.3. The Morgan fingerprint density at radius 2 is 1.43 bits per heavy atom. The molecule has 0 bridgehead atoms. The highest BCUT2D eigenvalue weighted by Gasteiger charge is 2.50. The Labute approximate surface area is 207 Å². The van der Waals surface area contributed by atoms with Crippen molar-refractivity contribution in [2.75, 3.05) is 0 Å². The first-order valence-corrected chi connectivity index (χ1v) is 11.9. The lowest BCUT2D eigenvalue weighted by Gasteiger charge is -2.34. The van der Waals surface area contributed by atoms with Gasteiger partial charge in [-0.05, 0) is 57.1 Å². The van der Waals surface area contributed by atoms with Gasteiger partial charge in [0.05, 0.1) is 6.04 Å². The Hall–Kier alpha value is -3.19. The third-order valence-electron chi connectivity index (χ3n) is 5.64. The second-order valence-corrected chi connectivity index (χ2v) is 10.4. The van der Waals surface area contributed by atoms with Gasteiger partial charge in [-0.1, -0.05) is 74.5 Å². The van der Waals surface area contributed by atoms with E-state index in [1.807, 2.05) is 50.2 Å². The average Bonchev–Trinajstić information content (AvgIpc) is 2.76. The second-order valence-electron chi connectivity index (χ2n) is 10.4. The molecule has 0 fully saturated rings. The first-order valence-electron chi connectivity index (χ1n) is 11.9. The van der Waals surface area contributed by atoms with Gasteiger partial charge in [0.2, 0.25) is 0 Å². The minimum atomic E-state index is -1.86. The maximum absolute atomic E-state index is 13.8. The van der Waals surface area contributed by atoms with E-state index in [0.29, 0.717) is 5.56 Å². The molecule has 0 saturated carbocycles. The van der Waals surface area contributed by atoms with Gasteiger partial charge in [0.15, 0.2) is 5.78 Å². The summed E-state index contributed by atoms with van der Waals surface area (Å²) in [5.74, 6) is -2.26. The Morgan fingerprint density at radius 1 is 0.914 bits per heavy atom. The van der Waals surface area contributed by atoms with Crippen LogP contribution in [-0.2, 0) is 27.2 Å². The molecule has 3 N–H and O–H groups in total. The third-order valence-corrected chi connectivity index (χ3v) is 5.64. The van der Waals surface area contributed by atoms with Crippen molar-refractivity contribution in [2.45, 2.75) is 71.6 Å². The molecule has 0 radical (unpaired) electrons. The summed E-state index contributed by atoms with van der Waals surface area (Å²) in [5.41, 5.74) is -1.20. The zero-order valence-corrected chi connectivity index (χ0v) is 21.2. The Balaban J connectivity index is 2.45. The van der Waals surface area contributed by atoms with Gasteiger partial charge in [-0.3, -0.25) is 9.59 Å². The SMILES string of the molecule is CC(C)C[C@](Cc1ccccc1)(C(=O)O)C(=O)[C@@H](O)[C@@H](Cc1ccccc1)NC(=O)OC(C)(C)C. The third kappa shape index (κ3) is 8.21. The highest BCUT2D eigenvalue weighted by molar-refractivity contribution is 6.06. The monoisotopic (exact) mass is 483 g/mol. The van der Waals surface area contributed by atoms with Crippen LogP contribution in [0.25, 0.3) is 0 Å². The number of aliphatic hydroxyl groups is 1. The Kier molecular flexibility index (Phi) is 9.60. The van der Waals surface area contributed by atoms with Gasteiger partial charge in [0, 0.05) is 0 Å². The number of aliphatic hydroxyl groups excluding tert-OH is 1. The van der Waals surface area contributed by atoms with E-state index in [-0.39, 0.29) is 25.2 Å². The molecule has 2 rings (SSSR count). The topological polar surface area (TPSA) is 113 Å². The number of Topliss-reactive ketones (excluding diaryl/α,β-unsaturated/α-hetero) is 1. The van der Waals surface area contributed by atoms with E-state index in [0.717, 1.165) is 5.56 Å². The van der Waals surface area contributed by atoms with Crippen LogP contribution in [0.15, 0.2) is 60.7 Å². The zero-order valence-electron chi connectivity index (χ0n) is 21.2. The lowest BCUT2D eigenvalue weighted by atomic mass is 9.69. The van der Waals surface area contributed by atoms with Gasteiger partial charge < -0.3 is 20.3 Å². The molecule has 3 atom stereocenters. The predicted molar refractivity (Wildman–Crippen MR) is 134 cm³/mol. The van der Waals surface area contributed by atoms with Crippen LogP contribution in [-0.4, -0.2) is 45.8 Å². The Bertz CT molecular complexity index is 984. The molecule has 0 aromatic heterocycles. The lowest BCUT2D eigenvalue weighted by Crippen LogP contribution is -2.56. The van der Waals surface area contributed by atoms with E-state index in [9.17, 15) is 24.6 Å². The fourth-order valence-electron chi connectivity index (χ4n) is 4.20. The molecule has 190 valence electrons. The van der Waals surface area contributed by atoms with Crippen LogP contribution in [0, 0.1) is 11.3 Å². The van der Waals surface area contributed by atoms with Gasteiger partial charge in [-0.2, -0.15) is 0 Å². The summed E-state index contributed by atoms with van der Waals surface area (Å²) in [5, 5.41) is 24.2. The van der Waals surface area contributed by atoms with E-state index in [1.165, 1.54) is 0 Å². The molecule has 0 aliphatic rings. The minimum absolute atomic E-state index is 0.0393. The van der Waals surface area contributed by atoms with Crippen molar-refractivity contribution < 1.29 is 29.3 Å². The van der Waals surface area contributed by atoms with Crippen LogP contribution in [0.2, 0.25) is 0 Å². The maximum Gasteiger partial charge on any atom is 0.407 e. The molecule has 0 heterocycles. The average molecular weight is 484 g/mol. The number of aliphatic carboxylic acids is 1. The van der Waals surface area contributed by atoms with Crippen LogP contribution in [0.1, 0.15) is 52.2 Å². The molecule has 0 spiro atoms. The molecule has 0 aliphatic carbocycles. The quantitative estimate of drug-likeness (QED) is 0.408. The summed E-state index contributed by atoms with van der Waals surface area (Å²) in [6.07, 6.45) is -2.46.